The van der Waals surface area contributed by atoms with Crippen molar-refractivity contribution in [1.29, 1.82) is 0 Å². The summed E-state index contributed by atoms with van der Waals surface area (Å²) in [6.07, 6.45) is 1.27. The fraction of sp³-hybridized carbons (Fsp3) is 0.167. The lowest BCUT2D eigenvalue weighted by Crippen LogP contribution is -2.39. The fourth-order valence-corrected chi connectivity index (χ4v) is 7.62. The summed E-state index contributed by atoms with van der Waals surface area (Å²) in [4.78, 5) is 13.1. The molecule has 248 valence electrons. The van der Waals surface area contributed by atoms with Gasteiger partial charge in [-0.15, -0.1) is 0 Å². The Balaban J connectivity index is 1.28. The van der Waals surface area contributed by atoms with Crippen molar-refractivity contribution in [2.75, 3.05) is 6.54 Å². The standard InChI is InChI=1S/C36H36N4O6S2/c1-28-13-17-31(18-14-28)25-39(48(44,45)35-21-15-29(2)16-22-35)26-33-20-19-32(46-33)23-37-38-36(41)27-40(24-30-9-5-3-6-10-30)47(42,43)34-11-7-4-8-12-34/h3-23H,24-27H2,1-2H3,(H,38,41)/b37-23-. The molecule has 5 rings (SSSR count). The molecule has 0 aliphatic heterocycles. The van der Waals surface area contributed by atoms with E-state index in [2.05, 4.69) is 10.5 Å². The highest BCUT2D eigenvalue weighted by atomic mass is 32.2. The van der Waals surface area contributed by atoms with Gasteiger partial charge in [-0.3, -0.25) is 4.79 Å². The molecule has 0 aliphatic carbocycles. The van der Waals surface area contributed by atoms with Gasteiger partial charge in [-0.2, -0.15) is 13.7 Å². The van der Waals surface area contributed by atoms with Crippen molar-refractivity contribution in [2.24, 2.45) is 5.10 Å². The van der Waals surface area contributed by atoms with Gasteiger partial charge >= 0.3 is 0 Å². The first kappa shape index (κ1) is 34.5. The van der Waals surface area contributed by atoms with Crippen molar-refractivity contribution in [3.8, 4) is 0 Å². The first-order chi connectivity index (χ1) is 23.0. The third-order valence-corrected chi connectivity index (χ3v) is 11.0. The van der Waals surface area contributed by atoms with Crippen molar-refractivity contribution in [1.82, 2.24) is 14.0 Å². The minimum absolute atomic E-state index is 0.0126. The van der Waals surface area contributed by atoms with Crippen LogP contribution in [-0.4, -0.2) is 44.1 Å². The van der Waals surface area contributed by atoms with Crippen LogP contribution in [0.15, 0.2) is 141 Å². The van der Waals surface area contributed by atoms with Crippen LogP contribution >= 0.6 is 0 Å². The minimum atomic E-state index is -3.99. The molecule has 0 fully saturated rings. The zero-order valence-corrected chi connectivity index (χ0v) is 28.2. The normalized spacial score (nSPS) is 12.2. The van der Waals surface area contributed by atoms with E-state index < -0.39 is 32.5 Å². The molecule has 0 aliphatic rings. The number of carbonyl (C=O) groups excluding carboxylic acids is 1. The van der Waals surface area contributed by atoms with E-state index in [4.69, 9.17) is 4.42 Å². The third-order valence-electron chi connectivity index (χ3n) is 7.44. The van der Waals surface area contributed by atoms with Gasteiger partial charge in [0.1, 0.15) is 11.5 Å². The Morgan fingerprint density at radius 3 is 1.81 bits per heavy atom. The number of carbonyl (C=O) groups is 1. The number of nitrogens with zero attached hydrogens (tertiary/aromatic N) is 3. The molecule has 4 aromatic carbocycles. The van der Waals surface area contributed by atoms with E-state index in [1.807, 2.05) is 44.2 Å². The smallest absolute Gasteiger partial charge is 0.255 e. The summed E-state index contributed by atoms with van der Waals surface area (Å²) in [6, 6.07) is 34.5. The fourth-order valence-electron chi connectivity index (χ4n) is 4.82. The first-order valence-electron chi connectivity index (χ1n) is 15.1. The van der Waals surface area contributed by atoms with Crippen LogP contribution < -0.4 is 5.43 Å². The topological polar surface area (TPSA) is 129 Å². The SMILES string of the molecule is Cc1ccc(CN(Cc2ccc(/C=N\NC(=O)CN(Cc3ccccc3)S(=O)(=O)c3ccccc3)o2)S(=O)(=O)c2ccc(C)cc2)cc1. The number of hydrogen-bond donors (Lipinski definition) is 1. The molecule has 1 N–H and O–H groups in total. The van der Waals surface area contributed by atoms with E-state index in [9.17, 15) is 21.6 Å². The van der Waals surface area contributed by atoms with Crippen LogP contribution in [0.25, 0.3) is 0 Å². The van der Waals surface area contributed by atoms with Crippen LogP contribution in [0.2, 0.25) is 0 Å². The minimum Gasteiger partial charge on any atom is -0.459 e. The van der Waals surface area contributed by atoms with Gasteiger partial charge in [-0.05, 0) is 61.4 Å². The van der Waals surface area contributed by atoms with E-state index in [0.29, 0.717) is 5.76 Å². The molecule has 0 saturated heterocycles. The van der Waals surface area contributed by atoms with Gasteiger partial charge in [-0.25, -0.2) is 22.3 Å². The number of aryl methyl sites for hydroxylation is 2. The van der Waals surface area contributed by atoms with E-state index >= 15 is 0 Å². The highest BCUT2D eigenvalue weighted by molar-refractivity contribution is 7.89. The molecule has 0 spiro atoms. The van der Waals surface area contributed by atoms with Crippen molar-refractivity contribution in [2.45, 2.75) is 43.3 Å². The number of benzene rings is 4. The van der Waals surface area contributed by atoms with Crippen LogP contribution in [0.4, 0.5) is 0 Å². The van der Waals surface area contributed by atoms with Crippen LogP contribution in [-0.2, 0) is 44.5 Å². The average Bonchev–Trinajstić information content (AvgIpc) is 3.53. The second-order valence-electron chi connectivity index (χ2n) is 11.2. The molecule has 0 radical (unpaired) electrons. The van der Waals surface area contributed by atoms with Gasteiger partial charge < -0.3 is 4.42 Å². The van der Waals surface area contributed by atoms with Crippen molar-refractivity contribution < 1.29 is 26.0 Å². The van der Waals surface area contributed by atoms with Gasteiger partial charge in [-0.1, -0.05) is 96.1 Å². The predicted octanol–water partition coefficient (Wildman–Crippen LogP) is 5.63. The molecule has 0 atom stereocenters. The van der Waals surface area contributed by atoms with Crippen molar-refractivity contribution >= 4 is 32.2 Å². The number of rotatable bonds is 14. The highest BCUT2D eigenvalue weighted by Crippen LogP contribution is 2.23. The largest absolute Gasteiger partial charge is 0.459 e. The molecular formula is C36H36N4O6S2. The second kappa shape index (κ2) is 15.3. The number of sulfonamides is 2. The Morgan fingerprint density at radius 1 is 0.646 bits per heavy atom. The Bertz CT molecular complexity index is 2060. The van der Waals surface area contributed by atoms with Crippen molar-refractivity contribution in [3.63, 3.8) is 0 Å². The summed E-state index contributed by atoms with van der Waals surface area (Å²) in [5.41, 5.74) is 5.92. The Kier molecular flexibility index (Phi) is 11.0. The quantitative estimate of drug-likeness (QED) is 0.119. The molecular weight excluding hydrogens is 649 g/mol. The third kappa shape index (κ3) is 8.92. The van der Waals surface area contributed by atoms with E-state index in [1.54, 1.807) is 78.9 Å². The Morgan fingerprint density at radius 2 is 1.17 bits per heavy atom. The van der Waals surface area contributed by atoms with E-state index in [1.165, 1.54) is 22.7 Å². The molecule has 12 heteroatoms. The number of furan rings is 1. The first-order valence-corrected chi connectivity index (χ1v) is 18.0. The maximum Gasteiger partial charge on any atom is 0.255 e. The number of amides is 1. The number of hydrogen-bond acceptors (Lipinski definition) is 7. The molecule has 1 amide bonds. The molecule has 5 aromatic rings. The monoisotopic (exact) mass is 684 g/mol. The molecule has 0 saturated carbocycles. The van der Waals surface area contributed by atoms with Gasteiger partial charge in [0.15, 0.2) is 0 Å². The van der Waals surface area contributed by atoms with Crippen LogP contribution in [0, 0.1) is 13.8 Å². The molecule has 1 aromatic heterocycles. The summed E-state index contributed by atoms with van der Waals surface area (Å²) in [7, 11) is -7.87. The summed E-state index contributed by atoms with van der Waals surface area (Å²) in [5.74, 6) is -0.0122. The lowest BCUT2D eigenvalue weighted by atomic mass is 10.1. The van der Waals surface area contributed by atoms with E-state index in [-0.39, 0.29) is 35.2 Å². The van der Waals surface area contributed by atoms with Gasteiger partial charge in [0, 0.05) is 13.1 Å². The average molecular weight is 685 g/mol. The van der Waals surface area contributed by atoms with Gasteiger partial charge in [0.2, 0.25) is 20.0 Å². The molecule has 0 bridgehead atoms. The van der Waals surface area contributed by atoms with Crippen LogP contribution in [0.1, 0.15) is 33.8 Å². The second-order valence-corrected chi connectivity index (χ2v) is 15.1. The van der Waals surface area contributed by atoms with Gasteiger partial charge in [0.25, 0.3) is 5.91 Å². The summed E-state index contributed by atoms with van der Waals surface area (Å²) in [5, 5.41) is 3.96. The molecule has 10 nitrogen and oxygen atoms in total. The van der Waals surface area contributed by atoms with Crippen LogP contribution in [0.5, 0.6) is 0 Å². The zero-order chi connectivity index (χ0) is 34.1. The Labute approximate surface area is 281 Å². The van der Waals surface area contributed by atoms with Crippen LogP contribution in [0.3, 0.4) is 0 Å². The predicted molar refractivity (Wildman–Crippen MR) is 184 cm³/mol. The Hall–Kier alpha value is -4.88. The van der Waals surface area contributed by atoms with Crippen molar-refractivity contribution in [3.05, 3.63) is 155 Å². The number of nitrogens with one attached hydrogen (secondary N) is 1. The lowest BCUT2D eigenvalue weighted by Gasteiger charge is -2.22. The molecule has 1 heterocycles. The highest BCUT2D eigenvalue weighted by Gasteiger charge is 2.28. The summed E-state index contributed by atoms with van der Waals surface area (Å²) in [6.45, 7) is 3.45. The summed E-state index contributed by atoms with van der Waals surface area (Å²) >= 11 is 0. The summed E-state index contributed by atoms with van der Waals surface area (Å²) < 4.78 is 62.5. The lowest BCUT2D eigenvalue weighted by molar-refractivity contribution is -0.121. The maximum absolute atomic E-state index is 13.7. The molecule has 0 unspecified atom stereocenters. The van der Waals surface area contributed by atoms with E-state index in [0.717, 1.165) is 26.6 Å². The maximum atomic E-state index is 13.7. The van der Waals surface area contributed by atoms with Gasteiger partial charge in [0.05, 0.1) is 29.1 Å². The molecule has 48 heavy (non-hydrogen) atoms. The number of hydrazone groups is 1. The zero-order valence-electron chi connectivity index (χ0n) is 26.6.